The van der Waals surface area contributed by atoms with Gasteiger partial charge >= 0.3 is 35.4 Å². The van der Waals surface area contributed by atoms with Crippen molar-refractivity contribution in [1.29, 1.82) is 0 Å². The fourth-order valence-corrected chi connectivity index (χ4v) is 21.1. The molecule has 18 heteroatoms. The van der Waals surface area contributed by atoms with Gasteiger partial charge < -0.3 is 0 Å². The van der Waals surface area contributed by atoms with Gasteiger partial charge in [0, 0.05) is 91.6 Å². The van der Waals surface area contributed by atoms with Gasteiger partial charge in [-0.25, -0.2) is 0 Å². The van der Waals surface area contributed by atoms with Gasteiger partial charge in [-0.3, -0.25) is 0 Å². The van der Waals surface area contributed by atoms with Crippen LogP contribution in [0.4, 0.5) is 0 Å². The molecule has 21 rings (SSSR count). The van der Waals surface area contributed by atoms with Gasteiger partial charge in [-0.1, -0.05) is 222 Å². The molecule has 0 spiro atoms. The van der Waals surface area contributed by atoms with Gasteiger partial charge in [0.1, 0.15) is 42.3 Å². The van der Waals surface area contributed by atoms with E-state index in [9.17, 15) is 0 Å². The Hall–Kier alpha value is -12.2. The zero-order valence-electron chi connectivity index (χ0n) is 119. The largest absolute Gasteiger partial charge is 0.351 e. The lowest BCUT2D eigenvalue weighted by molar-refractivity contribution is -0.751. The molecule has 6 atom stereocenters. The number of aromatic nitrogens is 18. The van der Waals surface area contributed by atoms with Gasteiger partial charge in [0.25, 0.3) is 34.9 Å². The summed E-state index contributed by atoms with van der Waals surface area (Å²) >= 11 is 0. The third-order valence-electron chi connectivity index (χ3n) is 31.6. The Labute approximate surface area is 870 Å². The third-order valence-corrected chi connectivity index (χ3v) is 31.6. The summed E-state index contributed by atoms with van der Waals surface area (Å²) < 4.78 is 296. The quantitative estimate of drug-likeness (QED) is 0.162. The van der Waals surface area contributed by atoms with Crippen molar-refractivity contribution in [3.63, 3.8) is 0 Å². The first-order valence-electron chi connectivity index (χ1n) is 63.5. The Morgan fingerprint density at radius 2 is 0.471 bits per heavy atom. The van der Waals surface area contributed by atoms with Crippen LogP contribution < -0.4 is 28.1 Å². The fraction of sp³-hybridized carbons (Fsp3) is 0.450. The molecule has 0 radical (unpaired) electrons. The summed E-state index contributed by atoms with van der Waals surface area (Å²) in [5.41, 5.74) is 3.06. The molecule has 0 aliphatic carbocycles. The molecule has 0 bridgehead atoms. The van der Waals surface area contributed by atoms with Crippen molar-refractivity contribution >= 4 is 0 Å². The van der Waals surface area contributed by atoms with Crippen molar-refractivity contribution in [1.82, 2.24) is 58.0 Å². The van der Waals surface area contributed by atoms with Crippen molar-refractivity contribution < 1.29 is 73.3 Å². The molecule has 6 aliphatic heterocycles. The minimum atomic E-state index is -3.16. The molecule has 18 nitrogen and oxygen atoms in total. The van der Waals surface area contributed by atoms with E-state index in [1.165, 1.54) is 41.7 Å². The molecule has 6 aliphatic rings. The zero-order chi connectivity index (χ0) is 129. The van der Waals surface area contributed by atoms with Crippen LogP contribution in [0.15, 0.2) is 182 Å². The number of nitrogens with zero attached hydrogens (tertiary/aromatic N) is 18. The number of para-hydroxylation sites is 6. The van der Waals surface area contributed by atoms with Crippen LogP contribution in [-0.2, 0) is 107 Å². The summed E-state index contributed by atoms with van der Waals surface area (Å²) in [4.78, 5) is 28.2. The smallest absolute Gasteiger partial charge is 0.154 e. The second kappa shape index (κ2) is 33.3. The van der Waals surface area contributed by atoms with Crippen LogP contribution in [0, 0.1) is 83.0 Å². The highest BCUT2D eigenvalue weighted by Crippen LogP contribution is 2.57. The fourth-order valence-electron chi connectivity index (χ4n) is 21.1. The molecule has 9 aromatic carbocycles. The molecular weight excluding hydrogens is 1690 g/mol. The summed E-state index contributed by atoms with van der Waals surface area (Å²) in [6, 6.07) is 55.2. The van der Waals surface area contributed by atoms with Crippen LogP contribution in [0.5, 0.6) is 0 Å². The van der Waals surface area contributed by atoms with Gasteiger partial charge in [0.2, 0.25) is 0 Å². The zero-order valence-corrected chi connectivity index (χ0v) is 85.9. The summed E-state index contributed by atoms with van der Waals surface area (Å²) in [6.07, 6.45) is 1.37. The highest BCUT2D eigenvalue weighted by Gasteiger charge is 2.60. The maximum absolute atomic E-state index is 8.54. The van der Waals surface area contributed by atoms with E-state index in [-0.39, 0.29) is 28.3 Å². The van der Waals surface area contributed by atoms with Gasteiger partial charge in [0.05, 0.1) is 83.3 Å². The predicted molar refractivity (Wildman–Crippen MR) is 558 cm³/mol. The molecule has 6 unspecified atom stereocenters. The lowest BCUT2D eigenvalue weighted by Crippen LogP contribution is -2.51. The molecule has 0 saturated carbocycles. The number of rotatable bonds is 3. The Morgan fingerprint density at radius 1 is 0.232 bits per heavy atom. The number of hydrogen-bond acceptors (Lipinski definition) is 6. The molecule has 0 fully saturated rings. The number of fused-ring (bicyclic) bond motifs is 18. The van der Waals surface area contributed by atoms with E-state index < -0.39 is 140 Å². The molecule has 720 valence electrons. The van der Waals surface area contributed by atoms with Crippen molar-refractivity contribution in [2.24, 2.45) is 42.3 Å². The van der Waals surface area contributed by atoms with Crippen LogP contribution in [0.1, 0.15) is 346 Å². The topological polar surface area (TPSA) is 130 Å². The molecule has 0 amide bonds. The molecule has 15 aromatic rings. The van der Waals surface area contributed by atoms with E-state index in [0.29, 0.717) is 63.0 Å². The van der Waals surface area contributed by atoms with Crippen molar-refractivity contribution in [2.45, 2.75) is 313 Å². The average Bonchev–Trinajstić information content (AvgIpc) is 0.961. The summed E-state index contributed by atoms with van der Waals surface area (Å²) in [5.74, 6) is 5.35. The van der Waals surface area contributed by atoms with E-state index in [1.54, 1.807) is 87.6 Å². The maximum Gasteiger partial charge on any atom is 0.351 e. The normalized spacial score (nSPS) is 26.3. The molecule has 6 aromatic heterocycles. The van der Waals surface area contributed by atoms with E-state index in [0.717, 1.165) is 113 Å². The standard InChI is InChI=1S/2C24H30N3.C22H26N3.2C17H24N3.C16H22N3/c2*1-15-12-16(2)14-18(13-15)21-25-22-24(6,7)23(4,5)19-11-9-10-17(3)20(19)27(22)26(21)8;1-15-11-10-14-17-18(15)25-20(22(4,5)21(17,2)3)23-19(24(25)6)16-12-8-7-9-13-16;2*1-11-9-8-10-13-14(11)20-15(18-12(2)19(20)7)17(5,6)16(13,3)4;1-11-8-7-9-12-13(11)19-14(17-10-18(19)6)16(4,5)15(12,2)3/h2*9-14H,1-8H3;7-14H,1-6H3;2*8-10H,1-7H3;7-10H,1-6H3/q6*+1/i1D3,6D3;6D3;4D3;3D3,4D3,5D3;5D3;2D3,3D3,4D3. The molecular formula is C120H156N18+6. The first-order chi connectivity index (χ1) is 77.7. The lowest BCUT2D eigenvalue weighted by atomic mass is 9.61. The second-order valence-corrected chi connectivity index (χ2v) is 42.3. The van der Waals surface area contributed by atoms with Crippen molar-refractivity contribution in [3.8, 4) is 68.3 Å². The van der Waals surface area contributed by atoms with Crippen LogP contribution in [0.2, 0.25) is 0 Å². The van der Waals surface area contributed by atoms with E-state index in [2.05, 4.69) is 98.1 Å². The highest BCUT2D eigenvalue weighted by atomic mass is 15.5. The Balaban J connectivity index is 0.000000143. The molecule has 0 saturated heterocycles. The molecule has 0 N–H and O–H groups in total. The Kier molecular flexibility index (Phi) is 15.6. The maximum atomic E-state index is 8.54. The molecule has 138 heavy (non-hydrogen) atoms. The number of aryl methyl sites for hydroxylation is 13. The SMILES string of the molecule is [2H]C([2H])([2H])C1(C)c2nc(-c3cc(C)cc(C)c3)[n+](C)n2-c2c(C)cccc2C1(C)C.[2H]C([2H])([2H])C1(C)c2nc(-c3ccccc3)[n+](C)n2-c2c(C)cccc2C1(C)C.[2H]C([2H])([2H])C1(C)c2nc(C)[n+](C)n2-c2c(C)cccc2C1(C([2H])([2H])[2H])C([2H])([2H])[2H].[2H]C([2H])([2H])C1(C)c2nc(C)[n+](C)n2-c2c(C)cccc2C1(C)C.[2H]C([2H])([2H])C1(C)c2nc[n+](C)n2-c2c(C)cccc2C1(C([2H])([2H])[2H])C([2H])([2H])[2H].[2H]C([2H])([2H])c1cc(C)cc(-c2nc3n([n+]2C)-c2c(C)cccc2C(C)(C)C3(C)C([2H])([2H])[2H])c1. The van der Waals surface area contributed by atoms with Crippen LogP contribution in [0.3, 0.4) is 0 Å². The summed E-state index contributed by atoms with van der Waals surface area (Å²) in [5, 5.41) is 0. The van der Waals surface area contributed by atoms with Crippen LogP contribution in [-0.4, -0.2) is 58.0 Å². The third kappa shape index (κ3) is 14.5. The van der Waals surface area contributed by atoms with Crippen molar-refractivity contribution in [3.05, 3.63) is 318 Å². The molecule has 12 heterocycles. The first kappa shape index (κ1) is 64.9. The Morgan fingerprint density at radius 3 is 0.761 bits per heavy atom. The van der Waals surface area contributed by atoms with Gasteiger partial charge in [0.15, 0.2) is 0 Å². The predicted octanol–water partition coefficient (Wildman–Crippen LogP) is 22.3. The monoisotopic (exact) mass is 1880 g/mol. The average molecular weight is 1880 g/mol. The number of hydrogen-bond donors (Lipinski definition) is 0. The number of benzene rings is 9. The highest BCUT2D eigenvalue weighted by molar-refractivity contribution is 5.65. The first-order valence-corrected chi connectivity index (χ1v) is 47.0. The van der Waals surface area contributed by atoms with E-state index in [4.69, 9.17) is 60.2 Å². The van der Waals surface area contributed by atoms with Crippen molar-refractivity contribution in [2.75, 3.05) is 0 Å². The summed E-state index contributed by atoms with van der Waals surface area (Å²) in [7, 11) is 11.0. The Bertz CT molecular complexity index is 8770. The minimum absolute atomic E-state index is 0.0309. The lowest BCUT2D eigenvalue weighted by Gasteiger charge is -2.44. The second-order valence-electron chi connectivity index (χ2n) is 42.3. The van der Waals surface area contributed by atoms with E-state index >= 15 is 0 Å². The minimum Gasteiger partial charge on any atom is -0.154 e. The van der Waals surface area contributed by atoms with Crippen LogP contribution >= 0.6 is 0 Å². The van der Waals surface area contributed by atoms with E-state index in [1.807, 2.05) is 241 Å². The van der Waals surface area contributed by atoms with Gasteiger partial charge in [-0.2, -0.15) is 14.0 Å². The van der Waals surface area contributed by atoms with Gasteiger partial charge in [-0.15, -0.1) is 42.1 Å². The van der Waals surface area contributed by atoms with Crippen LogP contribution in [0.25, 0.3) is 68.3 Å². The van der Waals surface area contributed by atoms with Gasteiger partial charge in [-0.05, 0) is 307 Å². The summed E-state index contributed by atoms with van der Waals surface area (Å²) in [6.45, 7) is 17.2.